The van der Waals surface area contributed by atoms with Crippen LogP contribution in [0.5, 0.6) is 0 Å². The van der Waals surface area contributed by atoms with Crippen LogP contribution < -0.4 is 14.7 Å². The number of fused-ring (bicyclic) bond motifs is 1. The van der Waals surface area contributed by atoms with Crippen molar-refractivity contribution in [1.29, 1.82) is 0 Å². The molecule has 0 saturated carbocycles. The zero-order chi connectivity index (χ0) is 18.9. The van der Waals surface area contributed by atoms with Crippen molar-refractivity contribution in [3.05, 3.63) is 29.1 Å². The lowest BCUT2D eigenvalue weighted by Crippen LogP contribution is -2.47. The first-order valence-corrected chi connectivity index (χ1v) is 10.7. The lowest BCUT2D eigenvalue weighted by molar-refractivity contribution is 0.622. The minimum Gasteiger partial charge on any atom is -0.353 e. The van der Waals surface area contributed by atoms with E-state index in [0.29, 0.717) is 0 Å². The lowest BCUT2D eigenvalue weighted by atomic mass is 9.97. The van der Waals surface area contributed by atoms with Gasteiger partial charge in [0, 0.05) is 51.0 Å². The number of nitrogens with zero attached hydrogens (tertiary/aromatic N) is 7. The van der Waals surface area contributed by atoms with Crippen molar-refractivity contribution in [2.24, 2.45) is 0 Å². The quantitative estimate of drug-likeness (QED) is 0.811. The van der Waals surface area contributed by atoms with E-state index in [1.165, 1.54) is 36.9 Å². The van der Waals surface area contributed by atoms with Gasteiger partial charge in [-0.3, -0.25) is 0 Å². The van der Waals surface area contributed by atoms with E-state index in [9.17, 15) is 0 Å². The normalized spacial score (nSPS) is 19.8. The van der Waals surface area contributed by atoms with Gasteiger partial charge in [-0.15, -0.1) is 5.10 Å². The third-order valence-electron chi connectivity index (χ3n) is 6.20. The highest BCUT2D eigenvalue weighted by atomic mass is 15.3. The minimum absolute atomic E-state index is 0.899. The Bertz CT molecular complexity index is 839. The zero-order valence-electron chi connectivity index (χ0n) is 16.8. The van der Waals surface area contributed by atoms with E-state index in [-0.39, 0.29) is 0 Å². The fraction of sp³-hybridized carbons (Fsp3) is 0.619. The largest absolute Gasteiger partial charge is 0.353 e. The Kier molecular flexibility index (Phi) is 4.74. The second kappa shape index (κ2) is 7.53. The van der Waals surface area contributed by atoms with E-state index in [1.54, 1.807) is 0 Å². The fourth-order valence-electron chi connectivity index (χ4n) is 4.56. The van der Waals surface area contributed by atoms with Gasteiger partial charge in [-0.1, -0.05) is 0 Å². The molecule has 148 valence electrons. The molecule has 2 aliphatic heterocycles. The monoisotopic (exact) mass is 379 g/mol. The molecule has 4 heterocycles. The third-order valence-corrected chi connectivity index (χ3v) is 6.20. The first kappa shape index (κ1) is 17.6. The number of piperazine rings is 1. The zero-order valence-corrected chi connectivity index (χ0v) is 16.8. The highest BCUT2D eigenvalue weighted by molar-refractivity contribution is 5.49. The first-order valence-electron chi connectivity index (χ1n) is 10.7. The average molecular weight is 380 g/mol. The van der Waals surface area contributed by atoms with Crippen LogP contribution in [0.25, 0.3) is 0 Å². The van der Waals surface area contributed by atoms with Gasteiger partial charge in [-0.05, 0) is 57.1 Å². The Labute approximate surface area is 166 Å². The number of aromatic nitrogens is 4. The predicted octanol–water partition coefficient (Wildman–Crippen LogP) is 2.38. The van der Waals surface area contributed by atoms with Gasteiger partial charge in [0.2, 0.25) is 5.95 Å². The van der Waals surface area contributed by atoms with Gasteiger partial charge >= 0.3 is 0 Å². The first-order chi connectivity index (χ1) is 13.8. The van der Waals surface area contributed by atoms with Crippen LogP contribution in [0.1, 0.15) is 42.6 Å². The summed E-state index contributed by atoms with van der Waals surface area (Å²) in [6.45, 7) is 8.04. The number of hydrogen-bond donors (Lipinski definition) is 0. The van der Waals surface area contributed by atoms with Gasteiger partial charge in [0.15, 0.2) is 5.82 Å². The van der Waals surface area contributed by atoms with Gasteiger partial charge in [0.25, 0.3) is 0 Å². The predicted molar refractivity (Wildman–Crippen MR) is 111 cm³/mol. The maximum Gasteiger partial charge on any atom is 0.227 e. The smallest absolute Gasteiger partial charge is 0.227 e. The third kappa shape index (κ3) is 3.50. The lowest BCUT2D eigenvalue weighted by Gasteiger charge is -2.36. The van der Waals surface area contributed by atoms with Crippen LogP contribution in [0.15, 0.2) is 12.1 Å². The van der Waals surface area contributed by atoms with Crippen LogP contribution in [-0.2, 0) is 12.8 Å². The molecule has 0 aromatic carbocycles. The topological polar surface area (TPSA) is 61.3 Å². The Morgan fingerprint density at radius 3 is 2.18 bits per heavy atom. The summed E-state index contributed by atoms with van der Waals surface area (Å²) >= 11 is 0. The average Bonchev–Trinajstić information content (AvgIpc) is 3.28. The Hall–Kier alpha value is -2.44. The van der Waals surface area contributed by atoms with Crippen molar-refractivity contribution >= 4 is 17.6 Å². The highest BCUT2D eigenvalue weighted by Crippen LogP contribution is 2.25. The maximum atomic E-state index is 4.89. The van der Waals surface area contributed by atoms with Crippen molar-refractivity contribution in [2.75, 3.05) is 54.0 Å². The summed E-state index contributed by atoms with van der Waals surface area (Å²) in [6, 6.07) is 4.39. The Morgan fingerprint density at radius 2 is 1.39 bits per heavy atom. The van der Waals surface area contributed by atoms with Crippen LogP contribution in [0.2, 0.25) is 0 Å². The molecule has 0 unspecified atom stereocenters. The molecule has 2 saturated heterocycles. The van der Waals surface area contributed by atoms with Crippen molar-refractivity contribution in [3.63, 3.8) is 0 Å². The molecule has 0 spiro atoms. The maximum absolute atomic E-state index is 4.89. The molecular weight excluding hydrogens is 350 g/mol. The molecule has 3 aliphatic rings. The van der Waals surface area contributed by atoms with E-state index in [1.807, 2.05) is 0 Å². The van der Waals surface area contributed by atoms with Gasteiger partial charge < -0.3 is 14.7 Å². The standard InChI is InChI=1S/C21H29N7/c1-16-14-19(23-21(22-16)28-8-4-5-9-28)26-10-12-27(13-11-26)20-15-17-6-2-3-7-18(17)24-25-20/h14-15H,2-13H2,1H3. The second-order valence-corrected chi connectivity index (χ2v) is 8.22. The molecule has 0 radical (unpaired) electrons. The summed E-state index contributed by atoms with van der Waals surface area (Å²) in [4.78, 5) is 16.6. The summed E-state index contributed by atoms with van der Waals surface area (Å²) in [5, 5.41) is 9.03. The molecule has 7 heteroatoms. The number of aryl methyl sites for hydroxylation is 3. The second-order valence-electron chi connectivity index (χ2n) is 8.22. The number of rotatable bonds is 3. The van der Waals surface area contributed by atoms with Crippen LogP contribution in [0, 0.1) is 6.92 Å². The van der Waals surface area contributed by atoms with Crippen molar-refractivity contribution < 1.29 is 0 Å². The van der Waals surface area contributed by atoms with Gasteiger partial charge in [-0.25, -0.2) is 4.98 Å². The Morgan fingerprint density at radius 1 is 0.679 bits per heavy atom. The van der Waals surface area contributed by atoms with Crippen LogP contribution >= 0.6 is 0 Å². The van der Waals surface area contributed by atoms with E-state index in [0.717, 1.165) is 75.4 Å². The van der Waals surface area contributed by atoms with E-state index >= 15 is 0 Å². The molecule has 5 rings (SSSR count). The molecule has 1 aliphatic carbocycles. The molecule has 0 amide bonds. The molecule has 0 atom stereocenters. The summed E-state index contributed by atoms with van der Waals surface area (Å²) in [5.41, 5.74) is 3.66. The van der Waals surface area contributed by atoms with Crippen molar-refractivity contribution in [2.45, 2.75) is 45.4 Å². The van der Waals surface area contributed by atoms with Crippen LogP contribution in [-0.4, -0.2) is 59.4 Å². The SMILES string of the molecule is Cc1cc(N2CCN(c3cc4c(nn3)CCCC4)CC2)nc(N2CCCC2)n1. The molecule has 28 heavy (non-hydrogen) atoms. The van der Waals surface area contributed by atoms with E-state index < -0.39 is 0 Å². The number of anilines is 3. The van der Waals surface area contributed by atoms with Crippen molar-refractivity contribution in [3.8, 4) is 0 Å². The Balaban J connectivity index is 1.28. The van der Waals surface area contributed by atoms with Gasteiger partial charge in [0.1, 0.15) is 5.82 Å². The molecule has 2 aromatic heterocycles. The fourth-order valence-corrected chi connectivity index (χ4v) is 4.56. The molecule has 0 bridgehead atoms. The molecule has 2 aromatic rings. The highest BCUT2D eigenvalue weighted by Gasteiger charge is 2.23. The molecular formula is C21H29N7. The van der Waals surface area contributed by atoms with Crippen LogP contribution in [0.3, 0.4) is 0 Å². The van der Waals surface area contributed by atoms with E-state index in [2.05, 4.69) is 48.9 Å². The molecule has 2 fully saturated rings. The van der Waals surface area contributed by atoms with E-state index in [4.69, 9.17) is 4.98 Å². The van der Waals surface area contributed by atoms with Gasteiger partial charge in [-0.2, -0.15) is 10.1 Å². The van der Waals surface area contributed by atoms with Crippen LogP contribution in [0.4, 0.5) is 17.6 Å². The molecule has 7 nitrogen and oxygen atoms in total. The summed E-state index contributed by atoms with van der Waals surface area (Å²) < 4.78 is 0. The minimum atomic E-state index is 0.899. The number of hydrogen-bond acceptors (Lipinski definition) is 7. The molecule has 0 N–H and O–H groups in total. The van der Waals surface area contributed by atoms with Crippen molar-refractivity contribution in [1.82, 2.24) is 20.2 Å². The summed E-state index contributed by atoms with van der Waals surface area (Å²) in [7, 11) is 0. The summed E-state index contributed by atoms with van der Waals surface area (Å²) in [5.74, 6) is 3.00. The van der Waals surface area contributed by atoms with Gasteiger partial charge in [0.05, 0.1) is 5.69 Å². The summed E-state index contributed by atoms with van der Waals surface area (Å²) in [6.07, 6.45) is 7.25.